The molecule has 1 atom stereocenters. The quantitative estimate of drug-likeness (QED) is 0.827. The van der Waals surface area contributed by atoms with Gasteiger partial charge >= 0.3 is 5.97 Å². The number of aryl methyl sites for hydroxylation is 1. The summed E-state index contributed by atoms with van der Waals surface area (Å²) in [6, 6.07) is 0. The summed E-state index contributed by atoms with van der Waals surface area (Å²) in [5, 5.41) is 11.8. The second-order valence-electron chi connectivity index (χ2n) is 4.19. The molecule has 1 fully saturated rings. The fourth-order valence-electron chi connectivity index (χ4n) is 1.68. The molecule has 1 aromatic rings. The van der Waals surface area contributed by atoms with Crippen molar-refractivity contribution in [3.63, 3.8) is 0 Å². The first-order valence-electron chi connectivity index (χ1n) is 5.46. The molecule has 96 valence electrons. The van der Waals surface area contributed by atoms with Crippen LogP contribution in [-0.2, 0) is 4.79 Å². The lowest BCUT2D eigenvalue weighted by molar-refractivity contribution is -0.143. The van der Waals surface area contributed by atoms with Crippen molar-refractivity contribution in [2.45, 2.75) is 18.9 Å². The Morgan fingerprint density at radius 2 is 2.22 bits per heavy atom. The average Bonchev–Trinajstić information content (AvgIpc) is 2.79. The number of nitrogens with one attached hydrogen (secondary N) is 1. The summed E-state index contributed by atoms with van der Waals surface area (Å²) < 4.78 is 0. The molecule has 1 aliphatic heterocycles. The smallest absolute Gasteiger partial charge is 0.330 e. The van der Waals surface area contributed by atoms with Gasteiger partial charge in [-0.25, -0.2) is 9.78 Å². The molecule has 0 spiro atoms. The van der Waals surface area contributed by atoms with E-state index in [4.69, 9.17) is 0 Å². The lowest BCUT2D eigenvalue weighted by Crippen LogP contribution is -2.54. The molecule has 1 unspecified atom stereocenters. The molecule has 2 heterocycles. The van der Waals surface area contributed by atoms with Crippen LogP contribution in [0.1, 0.15) is 22.6 Å². The molecule has 0 bridgehead atoms. The van der Waals surface area contributed by atoms with Crippen LogP contribution in [0.15, 0.2) is 12.4 Å². The maximum Gasteiger partial charge on any atom is 0.330 e. The van der Waals surface area contributed by atoms with E-state index in [0.717, 1.165) is 5.75 Å². The van der Waals surface area contributed by atoms with Crippen LogP contribution in [0, 0.1) is 6.92 Å². The van der Waals surface area contributed by atoms with Crippen LogP contribution >= 0.6 is 11.8 Å². The standard InChI is InChI=1S/C11H13N3O3S/c1-7-4-13-8(5-12-7)9(15)14-11(10(16)17)2-3-18-6-11/h4-5H,2-3,6H2,1H3,(H,14,15)(H,16,17). The summed E-state index contributed by atoms with van der Waals surface area (Å²) in [4.78, 5) is 31.1. The molecule has 1 amide bonds. The zero-order valence-corrected chi connectivity index (χ0v) is 10.7. The summed E-state index contributed by atoms with van der Waals surface area (Å²) in [6.45, 7) is 1.76. The van der Waals surface area contributed by atoms with E-state index in [1.807, 2.05) is 0 Å². The monoisotopic (exact) mass is 267 g/mol. The van der Waals surface area contributed by atoms with Gasteiger partial charge in [-0.1, -0.05) is 0 Å². The number of aliphatic carboxylic acids is 1. The Morgan fingerprint density at radius 3 is 2.72 bits per heavy atom. The van der Waals surface area contributed by atoms with E-state index >= 15 is 0 Å². The van der Waals surface area contributed by atoms with Crippen LogP contribution < -0.4 is 5.32 Å². The van der Waals surface area contributed by atoms with Crippen LogP contribution in [0.25, 0.3) is 0 Å². The number of carboxylic acids is 1. The predicted molar refractivity (Wildman–Crippen MR) is 66.5 cm³/mol. The van der Waals surface area contributed by atoms with Crippen LogP contribution in [0.3, 0.4) is 0 Å². The fraction of sp³-hybridized carbons (Fsp3) is 0.455. The van der Waals surface area contributed by atoms with Crippen molar-refractivity contribution >= 4 is 23.6 Å². The number of amides is 1. The number of carboxylic acid groups (broad SMARTS) is 1. The summed E-state index contributed by atoms with van der Waals surface area (Å²) in [7, 11) is 0. The van der Waals surface area contributed by atoms with Crippen LogP contribution in [0.2, 0.25) is 0 Å². The molecule has 2 rings (SSSR count). The number of hydrogen-bond donors (Lipinski definition) is 2. The third kappa shape index (κ3) is 2.45. The number of hydrogen-bond acceptors (Lipinski definition) is 5. The van der Waals surface area contributed by atoms with Gasteiger partial charge in [0.05, 0.1) is 11.9 Å². The van der Waals surface area contributed by atoms with Crippen molar-refractivity contribution in [2.24, 2.45) is 0 Å². The molecule has 0 saturated carbocycles. The lowest BCUT2D eigenvalue weighted by atomic mass is 9.99. The highest BCUT2D eigenvalue weighted by atomic mass is 32.2. The fourth-order valence-corrected chi connectivity index (χ4v) is 3.00. The SMILES string of the molecule is Cc1cnc(C(=O)NC2(C(=O)O)CCSC2)cn1. The van der Waals surface area contributed by atoms with Crippen molar-refractivity contribution in [1.82, 2.24) is 15.3 Å². The van der Waals surface area contributed by atoms with Crippen molar-refractivity contribution in [3.8, 4) is 0 Å². The van der Waals surface area contributed by atoms with Gasteiger partial charge in [-0.3, -0.25) is 9.78 Å². The molecule has 7 heteroatoms. The molecule has 18 heavy (non-hydrogen) atoms. The third-order valence-electron chi connectivity index (χ3n) is 2.80. The molecular weight excluding hydrogens is 254 g/mol. The molecular formula is C11H13N3O3S. The molecule has 0 radical (unpaired) electrons. The molecule has 2 N–H and O–H groups in total. The Balaban J connectivity index is 2.15. The van der Waals surface area contributed by atoms with E-state index in [-0.39, 0.29) is 5.69 Å². The van der Waals surface area contributed by atoms with Gasteiger partial charge in [0, 0.05) is 11.9 Å². The normalized spacial score (nSPS) is 22.7. The largest absolute Gasteiger partial charge is 0.479 e. The Morgan fingerprint density at radius 1 is 1.44 bits per heavy atom. The first kappa shape index (κ1) is 12.8. The van der Waals surface area contributed by atoms with Crippen molar-refractivity contribution in [3.05, 3.63) is 23.8 Å². The first-order valence-corrected chi connectivity index (χ1v) is 6.61. The van der Waals surface area contributed by atoms with Gasteiger partial charge in [-0.2, -0.15) is 11.8 Å². The Bertz CT molecular complexity index is 469. The number of carbonyl (C=O) groups is 2. The van der Waals surface area contributed by atoms with Gasteiger partial charge in [0.2, 0.25) is 0 Å². The highest BCUT2D eigenvalue weighted by Crippen LogP contribution is 2.28. The van der Waals surface area contributed by atoms with E-state index < -0.39 is 17.4 Å². The highest BCUT2D eigenvalue weighted by Gasteiger charge is 2.43. The second kappa shape index (κ2) is 4.93. The first-order chi connectivity index (χ1) is 8.53. The molecule has 1 saturated heterocycles. The summed E-state index contributed by atoms with van der Waals surface area (Å²) in [5.74, 6) is -0.382. The van der Waals surface area contributed by atoms with Gasteiger partial charge in [0.25, 0.3) is 5.91 Å². The van der Waals surface area contributed by atoms with Crippen molar-refractivity contribution in [2.75, 3.05) is 11.5 Å². The van der Waals surface area contributed by atoms with E-state index in [9.17, 15) is 14.7 Å². The van der Waals surface area contributed by atoms with Crippen molar-refractivity contribution < 1.29 is 14.7 Å². The van der Waals surface area contributed by atoms with Gasteiger partial charge in [-0.05, 0) is 19.1 Å². The molecule has 0 aromatic carbocycles. The summed E-state index contributed by atoms with van der Waals surface area (Å²) >= 11 is 1.52. The Kier molecular flexibility index (Phi) is 3.51. The highest BCUT2D eigenvalue weighted by molar-refractivity contribution is 7.99. The minimum atomic E-state index is -1.17. The maximum absolute atomic E-state index is 11.9. The maximum atomic E-state index is 11.9. The van der Waals surface area contributed by atoms with E-state index in [0.29, 0.717) is 17.9 Å². The Hall–Kier alpha value is -1.63. The van der Waals surface area contributed by atoms with Gasteiger partial charge in [0.15, 0.2) is 0 Å². The number of nitrogens with zero attached hydrogens (tertiary/aromatic N) is 2. The van der Waals surface area contributed by atoms with Crippen LogP contribution in [0.5, 0.6) is 0 Å². The zero-order chi connectivity index (χ0) is 13.2. The number of carbonyl (C=O) groups excluding carboxylic acids is 1. The number of aromatic nitrogens is 2. The van der Waals surface area contributed by atoms with E-state index in [1.165, 1.54) is 24.2 Å². The topological polar surface area (TPSA) is 92.2 Å². The van der Waals surface area contributed by atoms with Gasteiger partial charge in [-0.15, -0.1) is 0 Å². The van der Waals surface area contributed by atoms with Gasteiger partial charge < -0.3 is 10.4 Å². The lowest BCUT2D eigenvalue weighted by Gasteiger charge is -2.24. The number of rotatable bonds is 3. The Labute approximate surface area is 108 Å². The zero-order valence-electron chi connectivity index (χ0n) is 9.84. The van der Waals surface area contributed by atoms with Crippen LogP contribution in [-0.4, -0.2) is 44.0 Å². The molecule has 1 aliphatic rings. The predicted octanol–water partition coefficient (Wildman–Crippen LogP) is 0.475. The minimum absolute atomic E-state index is 0.137. The molecule has 0 aliphatic carbocycles. The molecule has 6 nitrogen and oxygen atoms in total. The summed E-state index contributed by atoms with van der Waals surface area (Å²) in [5.41, 5.74) is -0.331. The van der Waals surface area contributed by atoms with Crippen LogP contribution in [0.4, 0.5) is 0 Å². The second-order valence-corrected chi connectivity index (χ2v) is 5.29. The summed E-state index contributed by atoms with van der Waals surface area (Å²) in [6.07, 6.45) is 3.26. The van der Waals surface area contributed by atoms with E-state index in [2.05, 4.69) is 15.3 Å². The molecule has 1 aromatic heterocycles. The third-order valence-corrected chi connectivity index (χ3v) is 3.99. The number of thioether (sulfide) groups is 1. The van der Waals surface area contributed by atoms with Crippen molar-refractivity contribution in [1.29, 1.82) is 0 Å². The van der Waals surface area contributed by atoms with E-state index in [1.54, 1.807) is 6.92 Å². The van der Waals surface area contributed by atoms with Gasteiger partial charge in [0.1, 0.15) is 11.2 Å². The minimum Gasteiger partial charge on any atom is -0.479 e. The average molecular weight is 267 g/mol.